The number of carbonyl (C=O) groups is 1. The Morgan fingerprint density at radius 3 is 3.09 bits per heavy atom. The van der Waals surface area contributed by atoms with Crippen LogP contribution in [0.5, 0.6) is 0 Å². The summed E-state index contributed by atoms with van der Waals surface area (Å²) < 4.78 is 0. The summed E-state index contributed by atoms with van der Waals surface area (Å²) in [4.78, 5) is 21.4. The molecule has 22 heavy (non-hydrogen) atoms. The van der Waals surface area contributed by atoms with Crippen molar-refractivity contribution in [3.63, 3.8) is 0 Å². The minimum Gasteiger partial charge on any atom is -0.353 e. The summed E-state index contributed by atoms with van der Waals surface area (Å²) >= 11 is 1.73. The number of hydrogen-bond acceptors (Lipinski definition) is 5. The normalized spacial score (nSPS) is 30.1. The predicted molar refractivity (Wildman–Crippen MR) is 86.8 cm³/mol. The first-order valence-electron chi connectivity index (χ1n) is 8.28. The van der Waals surface area contributed by atoms with Gasteiger partial charge < -0.3 is 5.32 Å². The Labute approximate surface area is 135 Å². The summed E-state index contributed by atoms with van der Waals surface area (Å²) in [6.07, 6.45) is 3.84. The molecule has 1 amide bonds. The number of rotatable bonds is 4. The summed E-state index contributed by atoms with van der Waals surface area (Å²) in [7, 11) is 0. The van der Waals surface area contributed by atoms with Gasteiger partial charge in [-0.1, -0.05) is 0 Å². The SMILES string of the molecule is Cc1nc(CN2CCC3(CNC(=O)CN3CC3CC3)C2)cs1. The van der Waals surface area contributed by atoms with E-state index in [2.05, 4.69) is 32.4 Å². The smallest absolute Gasteiger partial charge is 0.234 e. The van der Waals surface area contributed by atoms with Crippen LogP contribution in [0.1, 0.15) is 30.0 Å². The van der Waals surface area contributed by atoms with Crippen LogP contribution in [0, 0.1) is 12.8 Å². The van der Waals surface area contributed by atoms with E-state index in [4.69, 9.17) is 0 Å². The molecule has 3 heterocycles. The number of aryl methyl sites for hydroxylation is 1. The molecule has 1 aromatic heterocycles. The maximum Gasteiger partial charge on any atom is 0.234 e. The Morgan fingerprint density at radius 1 is 1.50 bits per heavy atom. The molecule has 6 heteroatoms. The van der Waals surface area contributed by atoms with Crippen molar-refractivity contribution in [1.82, 2.24) is 20.1 Å². The first-order chi connectivity index (χ1) is 10.6. The molecule has 4 rings (SSSR count). The monoisotopic (exact) mass is 320 g/mol. The zero-order valence-electron chi connectivity index (χ0n) is 13.2. The standard InChI is InChI=1S/C16H24N4OS/c1-12-18-14(9-22-12)7-19-5-4-16(11-19)10-17-15(21)8-20(16)6-13-2-3-13/h9,13H,2-8,10-11H2,1H3,(H,17,21). The number of piperazine rings is 1. The molecule has 0 bridgehead atoms. The highest BCUT2D eigenvalue weighted by molar-refractivity contribution is 7.09. The second-order valence-corrected chi connectivity index (χ2v) is 8.21. The van der Waals surface area contributed by atoms with Crippen molar-refractivity contribution in [3.8, 4) is 0 Å². The van der Waals surface area contributed by atoms with Gasteiger partial charge in [-0.3, -0.25) is 14.6 Å². The number of nitrogens with zero attached hydrogens (tertiary/aromatic N) is 3. The van der Waals surface area contributed by atoms with Gasteiger partial charge in [0.1, 0.15) is 0 Å². The molecular formula is C16H24N4OS. The number of likely N-dealkylation sites (tertiary alicyclic amines) is 1. The molecule has 1 spiro atoms. The number of hydrogen-bond donors (Lipinski definition) is 1. The van der Waals surface area contributed by atoms with E-state index >= 15 is 0 Å². The van der Waals surface area contributed by atoms with Crippen LogP contribution in [-0.4, -0.2) is 59.0 Å². The number of nitrogens with one attached hydrogen (secondary N) is 1. The molecule has 1 atom stereocenters. The number of amides is 1. The molecule has 3 aliphatic rings. The molecule has 1 aromatic rings. The van der Waals surface area contributed by atoms with Crippen LogP contribution < -0.4 is 5.32 Å². The molecule has 2 saturated heterocycles. The van der Waals surface area contributed by atoms with E-state index in [1.165, 1.54) is 18.5 Å². The first kappa shape index (κ1) is 14.6. The topological polar surface area (TPSA) is 48.5 Å². The van der Waals surface area contributed by atoms with Gasteiger partial charge in [0.25, 0.3) is 0 Å². The van der Waals surface area contributed by atoms with Crippen molar-refractivity contribution >= 4 is 17.2 Å². The lowest BCUT2D eigenvalue weighted by Crippen LogP contribution is -2.64. The summed E-state index contributed by atoms with van der Waals surface area (Å²) in [5, 5.41) is 6.42. The Morgan fingerprint density at radius 2 is 2.36 bits per heavy atom. The highest BCUT2D eigenvalue weighted by atomic mass is 32.1. The molecule has 0 aromatic carbocycles. The fourth-order valence-electron chi connectivity index (χ4n) is 3.83. The lowest BCUT2D eigenvalue weighted by molar-refractivity contribution is -0.128. The molecule has 2 aliphatic heterocycles. The first-order valence-corrected chi connectivity index (χ1v) is 9.16. The molecule has 1 aliphatic carbocycles. The van der Waals surface area contributed by atoms with E-state index in [0.29, 0.717) is 6.54 Å². The fraction of sp³-hybridized carbons (Fsp3) is 0.750. The highest BCUT2D eigenvalue weighted by Gasteiger charge is 2.47. The Kier molecular flexibility index (Phi) is 3.71. The van der Waals surface area contributed by atoms with Crippen LogP contribution in [0.2, 0.25) is 0 Å². The maximum atomic E-state index is 11.8. The van der Waals surface area contributed by atoms with Crippen LogP contribution in [0.15, 0.2) is 5.38 Å². The van der Waals surface area contributed by atoms with Crippen LogP contribution in [0.25, 0.3) is 0 Å². The summed E-state index contributed by atoms with van der Waals surface area (Å²) in [6, 6.07) is 0. The molecule has 1 unspecified atom stereocenters. The molecule has 1 saturated carbocycles. The van der Waals surface area contributed by atoms with E-state index in [1.807, 2.05) is 0 Å². The van der Waals surface area contributed by atoms with Crippen LogP contribution in [-0.2, 0) is 11.3 Å². The molecule has 1 N–H and O–H groups in total. The lowest BCUT2D eigenvalue weighted by atomic mass is 9.93. The van der Waals surface area contributed by atoms with Gasteiger partial charge in [-0.15, -0.1) is 11.3 Å². The van der Waals surface area contributed by atoms with Crippen molar-refractivity contribution in [2.45, 2.75) is 38.3 Å². The van der Waals surface area contributed by atoms with Crippen molar-refractivity contribution in [2.24, 2.45) is 5.92 Å². The predicted octanol–water partition coefficient (Wildman–Crippen LogP) is 1.24. The van der Waals surface area contributed by atoms with E-state index < -0.39 is 0 Å². The van der Waals surface area contributed by atoms with E-state index in [-0.39, 0.29) is 11.4 Å². The highest BCUT2D eigenvalue weighted by Crippen LogP contribution is 2.36. The van der Waals surface area contributed by atoms with E-state index in [1.54, 1.807) is 11.3 Å². The minimum atomic E-state index is 0.154. The van der Waals surface area contributed by atoms with Gasteiger partial charge in [-0.2, -0.15) is 0 Å². The Balaban J connectivity index is 1.44. The Hall–Kier alpha value is -0.980. The molecule has 3 fully saturated rings. The van der Waals surface area contributed by atoms with Crippen molar-refractivity contribution in [2.75, 3.05) is 32.7 Å². The zero-order valence-corrected chi connectivity index (χ0v) is 14.0. The van der Waals surface area contributed by atoms with E-state index in [0.717, 1.165) is 50.1 Å². The summed E-state index contributed by atoms with van der Waals surface area (Å²) in [5.41, 5.74) is 1.34. The zero-order chi connectivity index (χ0) is 15.2. The fourth-order valence-corrected chi connectivity index (χ4v) is 4.43. The third kappa shape index (κ3) is 2.92. The average Bonchev–Trinajstić information content (AvgIpc) is 3.07. The third-order valence-corrected chi connectivity index (χ3v) is 6.08. The van der Waals surface area contributed by atoms with Gasteiger partial charge in [0.05, 0.1) is 22.8 Å². The van der Waals surface area contributed by atoms with Crippen molar-refractivity contribution in [1.29, 1.82) is 0 Å². The van der Waals surface area contributed by atoms with Gasteiger partial charge in [-0.25, -0.2) is 4.98 Å². The number of aromatic nitrogens is 1. The molecule has 120 valence electrons. The van der Waals surface area contributed by atoms with Gasteiger partial charge in [-0.05, 0) is 32.1 Å². The van der Waals surface area contributed by atoms with Gasteiger partial charge in [0.2, 0.25) is 5.91 Å². The van der Waals surface area contributed by atoms with Crippen molar-refractivity contribution < 1.29 is 4.79 Å². The van der Waals surface area contributed by atoms with Gasteiger partial charge in [0, 0.05) is 38.1 Å². The third-order valence-electron chi connectivity index (χ3n) is 5.26. The van der Waals surface area contributed by atoms with Crippen LogP contribution in [0.3, 0.4) is 0 Å². The van der Waals surface area contributed by atoms with Crippen LogP contribution in [0.4, 0.5) is 0 Å². The molecule has 5 nitrogen and oxygen atoms in total. The van der Waals surface area contributed by atoms with E-state index in [9.17, 15) is 4.79 Å². The van der Waals surface area contributed by atoms with Gasteiger partial charge in [0.15, 0.2) is 0 Å². The number of thiazole rings is 1. The van der Waals surface area contributed by atoms with Gasteiger partial charge >= 0.3 is 0 Å². The average molecular weight is 320 g/mol. The largest absolute Gasteiger partial charge is 0.353 e. The minimum absolute atomic E-state index is 0.154. The lowest BCUT2D eigenvalue weighted by Gasteiger charge is -2.44. The molecule has 0 radical (unpaired) electrons. The van der Waals surface area contributed by atoms with Crippen LogP contribution >= 0.6 is 11.3 Å². The second-order valence-electron chi connectivity index (χ2n) is 7.14. The Bertz CT molecular complexity index is 570. The maximum absolute atomic E-state index is 11.8. The quantitative estimate of drug-likeness (QED) is 0.907. The van der Waals surface area contributed by atoms with Crippen molar-refractivity contribution in [3.05, 3.63) is 16.1 Å². The summed E-state index contributed by atoms with van der Waals surface area (Å²) in [5.74, 6) is 1.03. The number of carbonyl (C=O) groups excluding carboxylic acids is 1. The molecular weight excluding hydrogens is 296 g/mol. The summed E-state index contributed by atoms with van der Waals surface area (Å²) in [6.45, 7) is 7.66. The second kappa shape index (κ2) is 5.58.